The van der Waals surface area contributed by atoms with E-state index in [4.69, 9.17) is 5.10 Å². The monoisotopic (exact) mass is 533 g/mol. The lowest BCUT2D eigenvalue weighted by Crippen LogP contribution is -2.29. The summed E-state index contributed by atoms with van der Waals surface area (Å²) < 4.78 is 15.1. The third-order valence-electron chi connectivity index (χ3n) is 8.37. The number of fused-ring (bicyclic) bond motifs is 1. The van der Waals surface area contributed by atoms with Gasteiger partial charge in [0.25, 0.3) is 5.91 Å². The number of hydrogen-bond acceptors (Lipinski definition) is 7. The molecule has 6 rings (SSSR count). The molecule has 0 atom stereocenters. The molecule has 3 aliphatic rings. The summed E-state index contributed by atoms with van der Waals surface area (Å²) in [4.78, 5) is 33.9. The number of anilines is 3. The SMILES string of the molecule is O=C(Nc1ccnc(F)c1)c1cnc2c(NC3CC3)cc(NC3CCC(CC(=O)C4CCCCC4)CC3)nn12. The number of ketones is 1. The Morgan fingerprint density at radius 1 is 0.923 bits per heavy atom. The van der Waals surface area contributed by atoms with Crippen LogP contribution in [0, 0.1) is 17.8 Å². The van der Waals surface area contributed by atoms with Gasteiger partial charge in [-0.2, -0.15) is 4.39 Å². The largest absolute Gasteiger partial charge is 0.379 e. The molecule has 3 fully saturated rings. The number of carbonyl (C=O) groups is 2. The average molecular weight is 534 g/mol. The van der Waals surface area contributed by atoms with Gasteiger partial charge in [-0.3, -0.25) is 9.59 Å². The highest BCUT2D eigenvalue weighted by molar-refractivity contribution is 6.03. The summed E-state index contributed by atoms with van der Waals surface area (Å²) >= 11 is 0. The van der Waals surface area contributed by atoms with Crippen LogP contribution in [0.4, 0.5) is 21.6 Å². The van der Waals surface area contributed by atoms with E-state index < -0.39 is 11.9 Å². The fraction of sp³-hybridized carbons (Fsp3) is 0.552. The highest BCUT2D eigenvalue weighted by Gasteiger charge is 2.28. The molecule has 206 valence electrons. The summed E-state index contributed by atoms with van der Waals surface area (Å²) in [6.45, 7) is 0. The van der Waals surface area contributed by atoms with Gasteiger partial charge >= 0.3 is 0 Å². The lowest BCUT2D eigenvalue weighted by Gasteiger charge is -2.30. The van der Waals surface area contributed by atoms with Gasteiger partial charge < -0.3 is 16.0 Å². The third-order valence-corrected chi connectivity index (χ3v) is 8.37. The number of Topliss-reactive ketones (excluding diaryl/α,β-unsaturated/α-hetero) is 1. The Labute approximate surface area is 227 Å². The van der Waals surface area contributed by atoms with Gasteiger partial charge in [0.1, 0.15) is 11.6 Å². The maximum absolute atomic E-state index is 13.5. The van der Waals surface area contributed by atoms with Crippen LogP contribution in [0.5, 0.6) is 0 Å². The van der Waals surface area contributed by atoms with Gasteiger partial charge in [-0.05, 0) is 63.4 Å². The molecule has 0 saturated heterocycles. The first-order valence-electron chi connectivity index (χ1n) is 14.4. The van der Waals surface area contributed by atoms with Crippen LogP contribution in [0.15, 0.2) is 30.6 Å². The molecular formula is C29H36FN7O2. The minimum atomic E-state index is -0.667. The molecule has 9 nitrogen and oxygen atoms in total. The molecule has 3 aromatic rings. The van der Waals surface area contributed by atoms with Crippen LogP contribution >= 0.6 is 0 Å². The summed E-state index contributed by atoms with van der Waals surface area (Å²) in [5.74, 6) is 0.825. The number of rotatable bonds is 9. The van der Waals surface area contributed by atoms with Gasteiger partial charge in [0.2, 0.25) is 5.95 Å². The first kappa shape index (κ1) is 25.7. The summed E-state index contributed by atoms with van der Waals surface area (Å²) in [7, 11) is 0. The van der Waals surface area contributed by atoms with E-state index >= 15 is 0 Å². The van der Waals surface area contributed by atoms with Crippen molar-refractivity contribution < 1.29 is 14.0 Å². The van der Waals surface area contributed by atoms with E-state index in [0.717, 1.165) is 63.5 Å². The highest BCUT2D eigenvalue weighted by Crippen LogP contribution is 2.33. The van der Waals surface area contributed by atoms with Gasteiger partial charge in [0.05, 0.1) is 11.9 Å². The molecule has 0 spiro atoms. The molecule has 1 amide bonds. The van der Waals surface area contributed by atoms with Gasteiger partial charge in [-0.15, -0.1) is 5.10 Å². The van der Waals surface area contributed by atoms with Crippen LogP contribution in [-0.4, -0.2) is 43.4 Å². The molecule has 0 radical (unpaired) electrons. The number of nitrogens with zero attached hydrogens (tertiary/aromatic N) is 4. The van der Waals surface area contributed by atoms with Crippen molar-refractivity contribution in [3.05, 3.63) is 42.2 Å². The fourth-order valence-electron chi connectivity index (χ4n) is 6.02. The zero-order chi connectivity index (χ0) is 26.8. The number of pyridine rings is 1. The van der Waals surface area contributed by atoms with Crippen molar-refractivity contribution >= 4 is 34.5 Å². The number of nitrogens with one attached hydrogen (secondary N) is 3. The van der Waals surface area contributed by atoms with E-state index in [1.54, 1.807) is 4.52 Å². The van der Waals surface area contributed by atoms with Crippen molar-refractivity contribution in [3.8, 4) is 0 Å². The van der Waals surface area contributed by atoms with Gasteiger partial charge in [-0.25, -0.2) is 14.5 Å². The number of halogens is 1. The summed E-state index contributed by atoms with van der Waals surface area (Å²) in [6, 6.07) is 5.32. The molecule has 39 heavy (non-hydrogen) atoms. The van der Waals surface area contributed by atoms with Crippen LogP contribution < -0.4 is 16.0 Å². The molecule has 3 heterocycles. The van der Waals surface area contributed by atoms with Crippen LogP contribution in [-0.2, 0) is 4.79 Å². The van der Waals surface area contributed by atoms with E-state index in [9.17, 15) is 14.0 Å². The Hall–Kier alpha value is -3.56. The van der Waals surface area contributed by atoms with Gasteiger partial charge in [0, 0.05) is 48.4 Å². The molecule has 0 unspecified atom stereocenters. The minimum absolute atomic E-state index is 0.255. The molecule has 3 aromatic heterocycles. The van der Waals surface area contributed by atoms with Crippen molar-refractivity contribution in [2.24, 2.45) is 11.8 Å². The van der Waals surface area contributed by atoms with Crippen molar-refractivity contribution in [3.63, 3.8) is 0 Å². The Morgan fingerprint density at radius 3 is 2.41 bits per heavy atom. The van der Waals surface area contributed by atoms with Crippen LogP contribution in [0.25, 0.3) is 5.65 Å². The van der Waals surface area contributed by atoms with E-state index in [1.165, 1.54) is 43.8 Å². The van der Waals surface area contributed by atoms with Crippen LogP contribution in [0.2, 0.25) is 0 Å². The fourth-order valence-corrected chi connectivity index (χ4v) is 6.02. The van der Waals surface area contributed by atoms with E-state index in [2.05, 4.69) is 25.9 Å². The number of amides is 1. The Bertz CT molecular complexity index is 1340. The van der Waals surface area contributed by atoms with Crippen molar-refractivity contribution in [2.45, 2.75) is 89.1 Å². The van der Waals surface area contributed by atoms with Crippen LogP contribution in [0.1, 0.15) is 87.5 Å². The van der Waals surface area contributed by atoms with Gasteiger partial charge in [0.15, 0.2) is 11.3 Å². The number of aromatic nitrogens is 4. The molecule has 10 heteroatoms. The maximum Gasteiger partial charge on any atom is 0.276 e. The predicted octanol–water partition coefficient (Wildman–Crippen LogP) is 5.60. The van der Waals surface area contributed by atoms with Gasteiger partial charge in [-0.1, -0.05) is 19.3 Å². The first-order valence-corrected chi connectivity index (χ1v) is 14.4. The van der Waals surface area contributed by atoms with E-state index in [-0.39, 0.29) is 11.7 Å². The first-order chi connectivity index (χ1) is 19.0. The van der Waals surface area contributed by atoms with Crippen molar-refractivity contribution in [2.75, 3.05) is 16.0 Å². The molecule has 3 saturated carbocycles. The topological polar surface area (TPSA) is 113 Å². The maximum atomic E-state index is 13.5. The molecule has 0 bridgehead atoms. The standard InChI is InChI=1S/C29H36FN7O2/c30-26-15-22(12-13-31-26)35-29(39)24-17-32-28-23(33-20-10-11-20)16-27(36-37(24)28)34-21-8-6-18(7-9-21)14-25(38)19-4-2-1-3-5-19/h12-13,15-21,33H,1-11,14H2,(H,34,36)(H,31,35,39). The summed E-state index contributed by atoms with van der Waals surface area (Å²) in [5.41, 5.74) is 1.97. The second-order valence-electron chi connectivity index (χ2n) is 11.4. The predicted molar refractivity (Wildman–Crippen MR) is 147 cm³/mol. The quantitative estimate of drug-likeness (QED) is 0.307. The van der Waals surface area contributed by atoms with E-state index in [0.29, 0.717) is 40.8 Å². The highest BCUT2D eigenvalue weighted by atomic mass is 19.1. The third kappa shape index (κ3) is 6.20. The van der Waals surface area contributed by atoms with Crippen molar-refractivity contribution in [1.82, 2.24) is 19.6 Å². The Kier molecular flexibility index (Phi) is 7.43. The smallest absolute Gasteiger partial charge is 0.276 e. The van der Waals surface area contributed by atoms with Crippen LogP contribution in [0.3, 0.4) is 0 Å². The second-order valence-corrected chi connectivity index (χ2v) is 11.4. The zero-order valence-electron chi connectivity index (χ0n) is 22.2. The van der Waals surface area contributed by atoms with Crippen molar-refractivity contribution in [1.29, 1.82) is 0 Å². The lowest BCUT2D eigenvalue weighted by atomic mass is 9.78. The average Bonchev–Trinajstić information content (AvgIpc) is 3.65. The second kappa shape index (κ2) is 11.3. The molecular weight excluding hydrogens is 497 g/mol. The Morgan fingerprint density at radius 2 is 1.67 bits per heavy atom. The molecule has 3 N–H and O–H groups in total. The molecule has 0 aliphatic heterocycles. The molecule has 0 aromatic carbocycles. The number of carbonyl (C=O) groups excluding carboxylic acids is 2. The minimum Gasteiger partial charge on any atom is -0.379 e. The molecule has 3 aliphatic carbocycles. The lowest BCUT2D eigenvalue weighted by molar-refractivity contribution is -0.125. The normalized spacial score (nSPS) is 22.0. The zero-order valence-corrected chi connectivity index (χ0v) is 22.2. The summed E-state index contributed by atoms with van der Waals surface area (Å²) in [6.07, 6.45) is 15.6. The summed E-state index contributed by atoms with van der Waals surface area (Å²) in [5, 5.41) is 14.5. The number of imidazole rings is 1. The number of hydrogen-bond donors (Lipinski definition) is 3. The Balaban J connectivity index is 1.14. The van der Waals surface area contributed by atoms with E-state index in [1.807, 2.05) is 6.07 Å².